The van der Waals surface area contributed by atoms with E-state index >= 15 is 0 Å². The molecule has 1 N–H and O–H groups in total. The van der Waals surface area contributed by atoms with E-state index in [1.807, 2.05) is 6.07 Å². The van der Waals surface area contributed by atoms with Crippen LogP contribution >= 0.6 is 0 Å². The lowest BCUT2D eigenvalue weighted by Crippen LogP contribution is -2.35. The molecule has 1 aromatic rings. The van der Waals surface area contributed by atoms with Crippen LogP contribution in [0.5, 0.6) is 0 Å². The summed E-state index contributed by atoms with van der Waals surface area (Å²) in [6.07, 6.45) is 1.29. The lowest BCUT2D eigenvalue weighted by molar-refractivity contribution is -0.385. The van der Waals surface area contributed by atoms with Gasteiger partial charge in [0.15, 0.2) is 0 Å². The molecule has 1 aliphatic rings. The fourth-order valence-corrected chi connectivity index (χ4v) is 2.14. The first-order valence-corrected chi connectivity index (χ1v) is 5.79. The number of rotatable bonds is 3. The van der Waals surface area contributed by atoms with Gasteiger partial charge in [-0.05, 0) is 12.8 Å². The number of nitrogens with zero attached hydrogens (tertiary/aromatic N) is 2. The minimum atomic E-state index is -0.339. The maximum absolute atomic E-state index is 10.9. The average Bonchev–Trinajstić information content (AvgIpc) is 2.32. The van der Waals surface area contributed by atoms with Gasteiger partial charge < -0.3 is 5.11 Å². The second-order valence-electron chi connectivity index (χ2n) is 4.39. The molecule has 0 atom stereocenters. The Morgan fingerprint density at radius 1 is 1.35 bits per heavy atom. The molecule has 1 aromatic carbocycles. The Morgan fingerprint density at radius 2 is 2.00 bits per heavy atom. The van der Waals surface area contributed by atoms with Crippen LogP contribution in [0.1, 0.15) is 18.4 Å². The van der Waals surface area contributed by atoms with Gasteiger partial charge in [-0.2, -0.15) is 0 Å². The number of aliphatic hydroxyl groups excluding tert-OH is 1. The molecule has 0 bridgehead atoms. The highest BCUT2D eigenvalue weighted by Crippen LogP contribution is 2.21. The third kappa shape index (κ3) is 3.01. The van der Waals surface area contributed by atoms with E-state index < -0.39 is 0 Å². The highest BCUT2D eigenvalue weighted by atomic mass is 16.6. The number of nitro groups is 1. The summed E-state index contributed by atoms with van der Waals surface area (Å²) >= 11 is 0. The Bertz CT molecular complexity index is 400. The van der Waals surface area contributed by atoms with Crippen molar-refractivity contribution in [2.75, 3.05) is 13.1 Å². The van der Waals surface area contributed by atoms with Crippen molar-refractivity contribution in [2.45, 2.75) is 25.5 Å². The molecule has 1 aliphatic heterocycles. The molecule has 1 saturated heterocycles. The maximum Gasteiger partial charge on any atom is 0.273 e. The number of piperidine rings is 1. The Labute approximate surface area is 99.8 Å². The topological polar surface area (TPSA) is 66.6 Å². The quantitative estimate of drug-likeness (QED) is 0.638. The predicted molar refractivity (Wildman–Crippen MR) is 63.6 cm³/mol. The Hall–Kier alpha value is -1.46. The largest absolute Gasteiger partial charge is 0.393 e. The normalized spacial score (nSPS) is 18.2. The van der Waals surface area contributed by atoms with E-state index in [-0.39, 0.29) is 16.7 Å². The van der Waals surface area contributed by atoms with Gasteiger partial charge in [0.05, 0.1) is 11.0 Å². The van der Waals surface area contributed by atoms with Gasteiger partial charge >= 0.3 is 0 Å². The molecular weight excluding hydrogens is 220 g/mol. The maximum atomic E-state index is 10.9. The van der Waals surface area contributed by atoms with Gasteiger partial charge in [-0.1, -0.05) is 18.2 Å². The van der Waals surface area contributed by atoms with Gasteiger partial charge in [0.1, 0.15) is 0 Å². The zero-order chi connectivity index (χ0) is 12.3. The fraction of sp³-hybridized carbons (Fsp3) is 0.500. The second-order valence-corrected chi connectivity index (χ2v) is 4.39. The minimum Gasteiger partial charge on any atom is -0.393 e. The van der Waals surface area contributed by atoms with Crippen molar-refractivity contribution in [3.05, 3.63) is 39.9 Å². The summed E-state index contributed by atoms with van der Waals surface area (Å²) in [7, 11) is 0. The van der Waals surface area contributed by atoms with Crippen LogP contribution in [0.2, 0.25) is 0 Å². The second kappa shape index (κ2) is 5.25. The van der Waals surface area contributed by atoms with E-state index in [9.17, 15) is 15.2 Å². The van der Waals surface area contributed by atoms with Gasteiger partial charge in [0.25, 0.3) is 5.69 Å². The lowest BCUT2D eigenvalue weighted by atomic mass is 10.1. The van der Waals surface area contributed by atoms with Crippen LogP contribution in [0.15, 0.2) is 24.3 Å². The van der Waals surface area contributed by atoms with Crippen LogP contribution in [0.25, 0.3) is 0 Å². The van der Waals surface area contributed by atoms with E-state index in [0.717, 1.165) is 31.5 Å². The molecule has 5 heteroatoms. The monoisotopic (exact) mass is 236 g/mol. The first-order chi connectivity index (χ1) is 8.16. The summed E-state index contributed by atoms with van der Waals surface area (Å²) in [4.78, 5) is 12.7. The summed E-state index contributed by atoms with van der Waals surface area (Å²) in [5.41, 5.74) is 0.924. The van der Waals surface area contributed by atoms with E-state index in [1.54, 1.807) is 12.1 Å². The van der Waals surface area contributed by atoms with Crippen molar-refractivity contribution in [2.24, 2.45) is 0 Å². The highest BCUT2D eigenvalue weighted by molar-refractivity contribution is 5.39. The molecule has 0 unspecified atom stereocenters. The molecule has 0 aromatic heterocycles. The third-order valence-electron chi connectivity index (χ3n) is 3.14. The average molecular weight is 236 g/mol. The zero-order valence-corrected chi connectivity index (χ0v) is 9.58. The van der Waals surface area contributed by atoms with Crippen molar-refractivity contribution >= 4 is 5.69 Å². The van der Waals surface area contributed by atoms with E-state index in [1.165, 1.54) is 6.07 Å². The molecule has 0 saturated carbocycles. The number of likely N-dealkylation sites (tertiary alicyclic amines) is 1. The van der Waals surface area contributed by atoms with Crippen LogP contribution < -0.4 is 0 Å². The number of aliphatic hydroxyl groups is 1. The van der Waals surface area contributed by atoms with Crippen LogP contribution in [0.3, 0.4) is 0 Å². The van der Waals surface area contributed by atoms with E-state index in [2.05, 4.69) is 4.90 Å². The van der Waals surface area contributed by atoms with Crippen molar-refractivity contribution < 1.29 is 10.0 Å². The lowest BCUT2D eigenvalue weighted by Gasteiger charge is -2.29. The summed E-state index contributed by atoms with van der Waals surface area (Å²) < 4.78 is 0. The Balaban J connectivity index is 2.05. The Kier molecular flexibility index (Phi) is 3.71. The summed E-state index contributed by atoms with van der Waals surface area (Å²) in [6.45, 7) is 2.18. The number of benzene rings is 1. The zero-order valence-electron chi connectivity index (χ0n) is 9.58. The van der Waals surface area contributed by atoms with Gasteiger partial charge in [-0.25, -0.2) is 0 Å². The molecule has 0 aliphatic carbocycles. The van der Waals surface area contributed by atoms with Crippen molar-refractivity contribution in [3.63, 3.8) is 0 Å². The molecular formula is C12H16N2O3. The first kappa shape index (κ1) is 12.0. The van der Waals surface area contributed by atoms with Crippen molar-refractivity contribution in [1.82, 2.24) is 4.90 Å². The van der Waals surface area contributed by atoms with Crippen molar-refractivity contribution in [1.29, 1.82) is 0 Å². The standard InChI is InChI=1S/C12H16N2O3/c15-11-5-7-13(8-6-11)9-10-3-1-2-4-12(10)14(16)17/h1-4,11,15H,5-9H2. The molecule has 92 valence electrons. The van der Waals surface area contributed by atoms with Gasteiger partial charge in [0.2, 0.25) is 0 Å². The summed E-state index contributed by atoms with van der Waals surface area (Å²) in [5, 5.41) is 20.3. The Morgan fingerprint density at radius 3 is 2.65 bits per heavy atom. The highest BCUT2D eigenvalue weighted by Gasteiger charge is 2.20. The van der Waals surface area contributed by atoms with E-state index in [0.29, 0.717) is 6.54 Å². The molecule has 1 heterocycles. The van der Waals surface area contributed by atoms with E-state index in [4.69, 9.17) is 0 Å². The fourth-order valence-electron chi connectivity index (χ4n) is 2.14. The molecule has 17 heavy (non-hydrogen) atoms. The third-order valence-corrected chi connectivity index (χ3v) is 3.14. The van der Waals surface area contributed by atoms with Gasteiger partial charge in [-0.3, -0.25) is 15.0 Å². The van der Waals surface area contributed by atoms with Gasteiger partial charge in [-0.15, -0.1) is 0 Å². The first-order valence-electron chi connectivity index (χ1n) is 5.79. The predicted octanol–water partition coefficient (Wildman–Crippen LogP) is 1.55. The van der Waals surface area contributed by atoms with Gasteiger partial charge in [0, 0.05) is 31.3 Å². The SMILES string of the molecule is O=[N+]([O-])c1ccccc1CN1CCC(O)CC1. The number of nitro benzene ring substituents is 1. The molecule has 2 rings (SSSR count). The van der Waals surface area contributed by atoms with Crippen LogP contribution in [-0.4, -0.2) is 34.1 Å². The molecule has 0 spiro atoms. The number of hydrogen-bond acceptors (Lipinski definition) is 4. The van der Waals surface area contributed by atoms with Crippen LogP contribution in [0, 0.1) is 10.1 Å². The minimum absolute atomic E-state index is 0.179. The molecule has 0 radical (unpaired) electrons. The molecule has 5 nitrogen and oxygen atoms in total. The molecule has 0 amide bonds. The number of para-hydroxylation sites is 1. The van der Waals surface area contributed by atoms with Crippen LogP contribution in [0.4, 0.5) is 5.69 Å². The van der Waals surface area contributed by atoms with Crippen LogP contribution in [-0.2, 0) is 6.54 Å². The molecule has 1 fully saturated rings. The summed E-state index contributed by atoms with van der Waals surface area (Å²) in [5.74, 6) is 0. The van der Waals surface area contributed by atoms with Crippen molar-refractivity contribution in [3.8, 4) is 0 Å². The smallest absolute Gasteiger partial charge is 0.273 e. The number of hydrogen-bond donors (Lipinski definition) is 1. The summed E-state index contributed by atoms with van der Waals surface area (Å²) in [6, 6.07) is 6.83.